The summed E-state index contributed by atoms with van der Waals surface area (Å²) in [6, 6.07) is 12.6. The van der Waals surface area contributed by atoms with Crippen molar-refractivity contribution in [1.29, 1.82) is 0 Å². The van der Waals surface area contributed by atoms with Gasteiger partial charge in [-0.05, 0) is 41.3 Å². The lowest BCUT2D eigenvalue weighted by molar-refractivity contribution is 0.357. The molecule has 3 heteroatoms. The second-order valence-electron chi connectivity index (χ2n) is 4.91. The fourth-order valence-corrected chi connectivity index (χ4v) is 2.47. The lowest BCUT2D eigenvalue weighted by Gasteiger charge is -2.13. The minimum absolute atomic E-state index is 0.118. The van der Waals surface area contributed by atoms with Crippen LogP contribution in [0.3, 0.4) is 0 Å². The van der Waals surface area contributed by atoms with Crippen molar-refractivity contribution < 1.29 is 9.13 Å². The first-order chi connectivity index (χ1) is 9.22. The van der Waals surface area contributed by atoms with Crippen LogP contribution in [0.5, 0.6) is 5.75 Å². The molecule has 0 amide bonds. The Kier molecular flexibility index (Phi) is 3.22. The van der Waals surface area contributed by atoms with Gasteiger partial charge in [0.1, 0.15) is 11.6 Å². The molecular formula is C16H16FNO. The lowest BCUT2D eigenvalue weighted by Crippen LogP contribution is -2.13. The summed E-state index contributed by atoms with van der Waals surface area (Å²) < 4.78 is 18.6. The maximum absolute atomic E-state index is 13.1. The quantitative estimate of drug-likeness (QED) is 0.917. The minimum atomic E-state index is -0.216. The molecule has 0 saturated carbocycles. The van der Waals surface area contributed by atoms with E-state index in [0.717, 1.165) is 29.9 Å². The largest absolute Gasteiger partial charge is 0.493 e. The monoisotopic (exact) mass is 257 g/mol. The fourth-order valence-electron chi connectivity index (χ4n) is 2.47. The van der Waals surface area contributed by atoms with Gasteiger partial charge in [-0.1, -0.05) is 24.3 Å². The Labute approximate surface area is 112 Å². The van der Waals surface area contributed by atoms with Gasteiger partial charge in [0.25, 0.3) is 0 Å². The smallest absolute Gasteiger partial charge is 0.123 e. The maximum atomic E-state index is 13.1. The van der Waals surface area contributed by atoms with Gasteiger partial charge in [-0.25, -0.2) is 4.39 Å². The summed E-state index contributed by atoms with van der Waals surface area (Å²) in [5, 5.41) is 0. The lowest BCUT2D eigenvalue weighted by atomic mass is 9.97. The molecule has 2 nitrogen and oxygen atoms in total. The number of rotatable bonds is 3. The van der Waals surface area contributed by atoms with Crippen molar-refractivity contribution in [1.82, 2.24) is 0 Å². The van der Waals surface area contributed by atoms with Crippen LogP contribution in [0.4, 0.5) is 4.39 Å². The summed E-state index contributed by atoms with van der Waals surface area (Å²) in [4.78, 5) is 0. The molecule has 0 saturated heterocycles. The van der Waals surface area contributed by atoms with Gasteiger partial charge in [-0.15, -0.1) is 0 Å². The van der Waals surface area contributed by atoms with E-state index in [1.807, 2.05) is 18.2 Å². The summed E-state index contributed by atoms with van der Waals surface area (Å²) in [6.07, 6.45) is 1.58. The number of ether oxygens (including phenoxy) is 1. The van der Waals surface area contributed by atoms with Crippen LogP contribution >= 0.6 is 0 Å². The topological polar surface area (TPSA) is 35.2 Å². The Morgan fingerprint density at radius 2 is 2.11 bits per heavy atom. The van der Waals surface area contributed by atoms with Crippen molar-refractivity contribution in [3.63, 3.8) is 0 Å². The van der Waals surface area contributed by atoms with Crippen LogP contribution in [0.1, 0.15) is 22.7 Å². The van der Waals surface area contributed by atoms with E-state index in [4.69, 9.17) is 10.5 Å². The zero-order chi connectivity index (χ0) is 13.2. The number of hydrogen-bond acceptors (Lipinski definition) is 2. The van der Waals surface area contributed by atoms with Crippen LogP contribution in [0.15, 0.2) is 42.5 Å². The maximum Gasteiger partial charge on any atom is 0.123 e. The highest BCUT2D eigenvalue weighted by Gasteiger charge is 2.15. The van der Waals surface area contributed by atoms with E-state index in [1.54, 1.807) is 6.07 Å². The SMILES string of the molecule is NC(Cc1cccc(F)c1)c1ccc2c(c1)CCO2. The Morgan fingerprint density at radius 1 is 1.21 bits per heavy atom. The Balaban J connectivity index is 1.78. The molecule has 0 fully saturated rings. The molecule has 0 aliphatic carbocycles. The molecule has 1 aliphatic heterocycles. The standard InChI is InChI=1S/C16H16FNO/c17-14-3-1-2-11(8-14)9-15(18)12-4-5-16-13(10-12)6-7-19-16/h1-5,8,10,15H,6-7,9,18H2. The average Bonchev–Trinajstić information content (AvgIpc) is 2.85. The molecule has 98 valence electrons. The van der Waals surface area contributed by atoms with Crippen molar-refractivity contribution in [2.45, 2.75) is 18.9 Å². The second-order valence-corrected chi connectivity index (χ2v) is 4.91. The summed E-state index contributed by atoms with van der Waals surface area (Å²) >= 11 is 0. The van der Waals surface area contributed by atoms with E-state index in [1.165, 1.54) is 17.7 Å². The Hall–Kier alpha value is -1.87. The number of hydrogen-bond donors (Lipinski definition) is 1. The van der Waals surface area contributed by atoms with E-state index in [9.17, 15) is 4.39 Å². The van der Waals surface area contributed by atoms with Gasteiger partial charge < -0.3 is 10.5 Å². The highest BCUT2D eigenvalue weighted by molar-refractivity contribution is 5.41. The van der Waals surface area contributed by atoms with Gasteiger partial charge >= 0.3 is 0 Å². The van der Waals surface area contributed by atoms with E-state index in [-0.39, 0.29) is 11.9 Å². The van der Waals surface area contributed by atoms with Gasteiger partial charge in [0, 0.05) is 12.5 Å². The van der Waals surface area contributed by atoms with Gasteiger partial charge in [0.15, 0.2) is 0 Å². The van der Waals surface area contributed by atoms with E-state index < -0.39 is 0 Å². The van der Waals surface area contributed by atoms with Gasteiger partial charge in [0.2, 0.25) is 0 Å². The average molecular weight is 257 g/mol. The summed E-state index contributed by atoms with van der Waals surface area (Å²) in [6.45, 7) is 0.748. The zero-order valence-electron chi connectivity index (χ0n) is 10.6. The van der Waals surface area contributed by atoms with Crippen molar-refractivity contribution in [2.75, 3.05) is 6.61 Å². The Morgan fingerprint density at radius 3 is 2.95 bits per heavy atom. The van der Waals surface area contributed by atoms with Crippen LogP contribution in [-0.4, -0.2) is 6.61 Å². The predicted molar refractivity (Wildman–Crippen MR) is 72.7 cm³/mol. The van der Waals surface area contributed by atoms with E-state index >= 15 is 0 Å². The highest BCUT2D eigenvalue weighted by atomic mass is 19.1. The first-order valence-electron chi connectivity index (χ1n) is 6.48. The van der Waals surface area contributed by atoms with Crippen LogP contribution < -0.4 is 10.5 Å². The van der Waals surface area contributed by atoms with Gasteiger partial charge in [-0.2, -0.15) is 0 Å². The van der Waals surface area contributed by atoms with E-state index in [2.05, 4.69) is 6.07 Å². The number of nitrogens with two attached hydrogens (primary N) is 1. The first kappa shape index (κ1) is 12.2. The van der Waals surface area contributed by atoms with Crippen LogP contribution in [0.2, 0.25) is 0 Å². The molecule has 2 aromatic rings. The highest BCUT2D eigenvalue weighted by Crippen LogP contribution is 2.28. The van der Waals surface area contributed by atoms with Gasteiger partial charge in [-0.3, -0.25) is 0 Å². The molecule has 0 spiro atoms. The van der Waals surface area contributed by atoms with Crippen molar-refractivity contribution in [3.8, 4) is 5.75 Å². The molecule has 0 bridgehead atoms. The van der Waals surface area contributed by atoms with Crippen LogP contribution in [0.25, 0.3) is 0 Å². The van der Waals surface area contributed by atoms with Crippen LogP contribution in [0, 0.1) is 5.82 Å². The van der Waals surface area contributed by atoms with Gasteiger partial charge in [0.05, 0.1) is 6.61 Å². The fraction of sp³-hybridized carbons (Fsp3) is 0.250. The number of halogens is 1. The summed E-state index contributed by atoms with van der Waals surface area (Å²) in [5.41, 5.74) is 9.42. The first-order valence-corrected chi connectivity index (χ1v) is 6.48. The molecule has 1 atom stereocenters. The summed E-state index contributed by atoms with van der Waals surface area (Å²) in [5.74, 6) is 0.744. The third-order valence-electron chi connectivity index (χ3n) is 3.49. The normalized spacial score (nSPS) is 14.8. The Bertz CT molecular complexity index is 597. The number of fused-ring (bicyclic) bond motifs is 1. The molecule has 2 N–H and O–H groups in total. The predicted octanol–water partition coefficient (Wildman–Crippen LogP) is 3.00. The molecular weight excluding hydrogens is 241 g/mol. The second kappa shape index (κ2) is 5.02. The molecule has 1 heterocycles. The molecule has 2 aromatic carbocycles. The van der Waals surface area contributed by atoms with Crippen molar-refractivity contribution in [3.05, 3.63) is 65.0 Å². The summed E-state index contributed by atoms with van der Waals surface area (Å²) in [7, 11) is 0. The van der Waals surface area contributed by atoms with Crippen LogP contribution in [-0.2, 0) is 12.8 Å². The molecule has 0 radical (unpaired) electrons. The zero-order valence-corrected chi connectivity index (χ0v) is 10.6. The van der Waals surface area contributed by atoms with E-state index in [0.29, 0.717) is 6.42 Å². The third-order valence-corrected chi connectivity index (χ3v) is 3.49. The molecule has 1 unspecified atom stereocenters. The molecule has 1 aliphatic rings. The molecule has 0 aromatic heterocycles. The van der Waals surface area contributed by atoms with Crippen molar-refractivity contribution >= 4 is 0 Å². The number of benzene rings is 2. The molecule has 3 rings (SSSR count). The molecule has 19 heavy (non-hydrogen) atoms. The minimum Gasteiger partial charge on any atom is -0.493 e. The third kappa shape index (κ3) is 2.61. The van der Waals surface area contributed by atoms with Crippen molar-refractivity contribution in [2.24, 2.45) is 5.73 Å².